The van der Waals surface area contributed by atoms with Gasteiger partial charge in [0.05, 0.1) is 18.3 Å². The molecule has 23 heavy (non-hydrogen) atoms. The molecule has 1 amide bonds. The maximum atomic E-state index is 12.5. The van der Waals surface area contributed by atoms with E-state index in [1.165, 1.54) is 0 Å². The van der Waals surface area contributed by atoms with Gasteiger partial charge in [0, 0.05) is 31.5 Å². The molecule has 1 saturated heterocycles. The van der Waals surface area contributed by atoms with Crippen LogP contribution in [0.2, 0.25) is 0 Å². The smallest absolute Gasteiger partial charge is 0.225 e. The van der Waals surface area contributed by atoms with Gasteiger partial charge >= 0.3 is 0 Å². The Kier molecular flexibility index (Phi) is 4.48. The highest BCUT2D eigenvalue weighted by molar-refractivity contribution is 5.77. The molecule has 122 valence electrons. The van der Waals surface area contributed by atoms with Gasteiger partial charge in [0.2, 0.25) is 5.91 Å². The van der Waals surface area contributed by atoms with E-state index in [-0.39, 0.29) is 12.3 Å². The van der Waals surface area contributed by atoms with Crippen LogP contribution < -0.4 is 0 Å². The molecular weight excluding hydrogens is 290 g/mol. The quantitative estimate of drug-likeness (QED) is 0.942. The highest BCUT2D eigenvalue weighted by atomic mass is 16.3. The highest BCUT2D eigenvalue weighted by Gasteiger charge is 2.31. The van der Waals surface area contributed by atoms with E-state index in [2.05, 4.69) is 9.55 Å². The standard InChI is InChI=1S/C18H23N3O2/c1-18(23,15-5-3-2-4-6-15)13-17(22)20-10-7-16(8-11-20)21-12-9-19-14-21/h2-6,9,12,14,16,23H,7-8,10-11,13H2,1H3. The van der Waals surface area contributed by atoms with Crippen LogP contribution in [0.4, 0.5) is 0 Å². The summed E-state index contributed by atoms with van der Waals surface area (Å²) in [5.41, 5.74) is -0.346. The van der Waals surface area contributed by atoms with Crippen molar-refractivity contribution in [1.29, 1.82) is 0 Å². The first-order valence-corrected chi connectivity index (χ1v) is 8.09. The fourth-order valence-electron chi connectivity index (χ4n) is 3.20. The summed E-state index contributed by atoms with van der Waals surface area (Å²) in [5, 5.41) is 10.6. The Balaban J connectivity index is 1.57. The highest BCUT2D eigenvalue weighted by Crippen LogP contribution is 2.27. The molecule has 1 unspecified atom stereocenters. The third-order valence-corrected chi connectivity index (χ3v) is 4.65. The summed E-state index contributed by atoms with van der Waals surface area (Å²) in [4.78, 5) is 18.5. The average Bonchev–Trinajstić information content (AvgIpc) is 3.10. The number of carbonyl (C=O) groups excluding carboxylic acids is 1. The van der Waals surface area contributed by atoms with E-state index in [1.807, 2.05) is 47.8 Å². The summed E-state index contributed by atoms with van der Waals surface area (Å²) in [7, 11) is 0. The van der Waals surface area contributed by atoms with Gasteiger partial charge in [0.1, 0.15) is 0 Å². The maximum Gasteiger partial charge on any atom is 0.225 e. The second kappa shape index (κ2) is 6.54. The molecule has 1 aliphatic heterocycles. The minimum Gasteiger partial charge on any atom is -0.385 e. The lowest BCUT2D eigenvalue weighted by Crippen LogP contribution is -2.41. The Morgan fingerprint density at radius 2 is 2.00 bits per heavy atom. The first-order chi connectivity index (χ1) is 11.1. The number of aromatic nitrogens is 2. The molecule has 1 atom stereocenters. The van der Waals surface area contributed by atoms with Crippen LogP contribution in [0.15, 0.2) is 49.1 Å². The molecule has 1 fully saturated rings. The van der Waals surface area contributed by atoms with E-state index in [1.54, 1.807) is 13.1 Å². The molecule has 2 heterocycles. The van der Waals surface area contributed by atoms with Crippen LogP contribution in [0.5, 0.6) is 0 Å². The number of aliphatic hydroxyl groups is 1. The van der Waals surface area contributed by atoms with Crippen LogP contribution in [0, 0.1) is 0 Å². The summed E-state index contributed by atoms with van der Waals surface area (Å²) in [6.45, 7) is 3.16. The normalized spacial score (nSPS) is 18.6. The van der Waals surface area contributed by atoms with Crippen molar-refractivity contribution in [3.8, 4) is 0 Å². The first-order valence-electron chi connectivity index (χ1n) is 8.09. The van der Waals surface area contributed by atoms with Crippen molar-refractivity contribution in [1.82, 2.24) is 14.5 Å². The van der Waals surface area contributed by atoms with E-state index in [0.29, 0.717) is 6.04 Å². The molecule has 1 aromatic heterocycles. The van der Waals surface area contributed by atoms with Crippen molar-refractivity contribution in [2.75, 3.05) is 13.1 Å². The van der Waals surface area contributed by atoms with Gasteiger partial charge in [-0.1, -0.05) is 30.3 Å². The van der Waals surface area contributed by atoms with Crippen molar-refractivity contribution in [2.24, 2.45) is 0 Å². The van der Waals surface area contributed by atoms with Gasteiger partial charge in [-0.05, 0) is 25.3 Å². The average molecular weight is 313 g/mol. The predicted molar refractivity (Wildman–Crippen MR) is 87.7 cm³/mol. The van der Waals surface area contributed by atoms with Gasteiger partial charge in [-0.15, -0.1) is 0 Å². The number of hydrogen-bond acceptors (Lipinski definition) is 3. The van der Waals surface area contributed by atoms with Gasteiger partial charge < -0.3 is 14.6 Å². The number of likely N-dealkylation sites (tertiary alicyclic amines) is 1. The molecule has 0 aliphatic carbocycles. The third-order valence-electron chi connectivity index (χ3n) is 4.65. The number of amides is 1. The van der Waals surface area contributed by atoms with Crippen LogP contribution in [0.25, 0.3) is 0 Å². The molecule has 0 saturated carbocycles. The van der Waals surface area contributed by atoms with Gasteiger partial charge in [0.25, 0.3) is 0 Å². The lowest BCUT2D eigenvalue weighted by atomic mass is 9.91. The Hall–Kier alpha value is -2.14. The van der Waals surface area contributed by atoms with E-state index >= 15 is 0 Å². The minimum atomic E-state index is -1.13. The molecule has 3 rings (SSSR count). The monoisotopic (exact) mass is 313 g/mol. The fourth-order valence-corrected chi connectivity index (χ4v) is 3.20. The summed E-state index contributed by atoms with van der Waals surface area (Å²) < 4.78 is 2.11. The molecule has 0 spiro atoms. The minimum absolute atomic E-state index is 0.0166. The van der Waals surface area contributed by atoms with E-state index in [9.17, 15) is 9.90 Å². The van der Waals surface area contributed by atoms with Crippen LogP contribution >= 0.6 is 0 Å². The zero-order valence-electron chi connectivity index (χ0n) is 13.4. The fraction of sp³-hybridized carbons (Fsp3) is 0.444. The number of hydrogen-bond donors (Lipinski definition) is 1. The summed E-state index contributed by atoms with van der Waals surface area (Å²) in [6, 6.07) is 9.80. The van der Waals surface area contributed by atoms with Crippen molar-refractivity contribution in [2.45, 2.75) is 37.8 Å². The predicted octanol–water partition coefficient (Wildman–Crippen LogP) is 2.34. The summed E-state index contributed by atoms with van der Waals surface area (Å²) in [6.07, 6.45) is 7.57. The number of imidazole rings is 1. The zero-order valence-corrected chi connectivity index (χ0v) is 13.4. The Labute approximate surface area is 136 Å². The van der Waals surface area contributed by atoms with Crippen molar-refractivity contribution in [3.63, 3.8) is 0 Å². The van der Waals surface area contributed by atoms with E-state index < -0.39 is 5.60 Å². The largest absolute Gasteiger partial charge is 0.385 e. The Morgan fingerprint density at radius 1 is 1.30 bits per heavy atom. The molecule has 2 aromatic rings. The van der Waals surface area contributed by atoms with Crippen LogP contribution in [0.1, 0.15) is 37.8 Å². The zero-order chi connectivity index (χ0) is 16.3. The number of nitrogens with zero attached hydrogens (tertiary/aromatic N) is 3. The molecular formula is C18H23N3O2. The molecule has 0 radical (unpaired) electrons. The summed E-state index contributed by atoms with van der Waals surface area (Å²) in [5.74, 6) is 0.0166. The molecule has 1 aromatic carbocycles. The topological polar surface area (TPSA) is 58.4 Å². The Morgan fingerprint density at radius 3 is 2.61 bits per heavy atom. The lowest BCUT2D eigenvalue weighted by Gasteiger charge is -2.34. The molecule has 5 heteroatoms. The Bertz CT molecular complexity index is 630. The number of carbonyl (C=O) groups is 1. The van der Waals surface area contributed by atoms with Crippen molar-refractivity contribution in [3.05, 3.63) is 54.6 Å². The maximum absolute atomic E-state index is 12.5. The van der Waals surface area contributed by atoms with Crippen molar-refractivity contribution < 1.29 is 9.90 Å². The second-order valence-corrected chi connectivity index (χ2v) is 6.44. The van der Waals surface area contributed by atoms with E-state index in [4.69, 9.17) is 0 Å². The second-order valence-electron chi connectivity index (χ2n) is 6.44. The SMILES string of the molecule is CC(O)(CC(=O)N1CCC(n2ccnc2)CC1)c1ccccc1. The van der Waals surface area contributed by atoms with Gasteiger partial charge in [-0.3, -0.25) is 4.79 Å². The molecule has 5 nitrogen and oxygen atoms in total. The van der Waals surface area contributed by atoms with Gasteiger partial charge in [-0.2, -0.15) is 0 Å². The van der Waals surface area contributed by atoms with Gasteiger partial charge in [0.15, 0.2) is 0 Å². The molecule has 1 aliphatic rings. The van der Waals surface area contributed by atoms with Crippen LogP contribution in [-0.2, 0) is 10.4 Å². The molecule has 1 N–H and O–H groups in total. The van der Waals surface area contributed by atoms with Crippen molar-refractivity contribution >= 4 is 5.91 Å². The summed E-state index contributed by atoms with van der Waals surface area (Å²) >= 11 is 0. The number of piperidine rings is 1. The van der Waals surface area contributed by atoms with E-state index in [0.717, 1.165) is 31.5 Å². The lowest BCUT2D eigenvalue weighted by molar-refractivity contribution is -0.137. The third kappa shape index (κ3) is 3.62. The molecule has 0 bridgehead atoms. The van der Waals surface area contributed by atoms with Gasteiger partial charge in [-0.25, -0.2) is 4.98 Å². The van der Waals surface area contributed by atoms with Crippen LogP contribution in [0.3, 0.4) is 0 Å². The first kappa shape index (κ1) is 15.7. The number of rotatable bonds is 4. The van der Waals surface area contributed by atoms with Crippen LogP contribution in [-0.4, -0.2) is 38.6 Å². The number of benzene rings is 1.